The minimum absolute atomic E-state index is 0.172. The summed E-state index contributed by atoms with van der Waals surface area (Å²) in [6, 6.07) is 1.49. The summed E-state index contributed by atoms with van der Waals surface area (Å²) in [5.74, 6) is -0.635. The van der Waals surface area contributed by atoms with Crippen LogP contribution in [0.3, 0.4) is 0 Å². The van der Waals surface area contributed by atoms with E-state index in [0.29, 0.717) is 0 Å². The van der Waals surface area contributed by atoms with Crippen LogP contribution in [0.25, 0.3) is 0 Å². The Bertz CT molecular complexity index is 255. The zero-order valence-corrected chi connectivity index (χ0v) is 8.64. The quantitative estimate of drug-likeness (QED) is 0.683. The molecule has 3 nitrogen and oxygen atoms in total. The van der Waals surface area contributed by atoms with E-state index in [2.05, 4.69) is 0 Å². The van der Waals surface area contributed by atoms with Crippen LogP contribution in [0.2, 0.25) is 0 Å². The third-order valence-corrected chi connectivity index (χ3v) is 1.81. The second-order valence-corrected chi connectivity index (χ2v) is 3.39. The van der Waals surface area contributed by atoms with Gasteiger partial charge in [0, 0.05) is 12.5 Å². The van der Waals surface area contributed by atoms with E-state index in [0.717, 1.165) is 4.90 Å². The number of halogens is 3. The molecular weight excluding hydrogens is 209 g/mol. The molecule has 0 rings (SSSR count). The van der Waals surface area contributed by atoms with E-state index in [9.17, 15) is 18.0 Å². The molecule has 0 aliphatic rings. The highest BCUT2D eigenvalue weighted by atomic mass is 19.4. The summed E-state index contributed by atoms with van der Waals surface area (Å²) >= 11 is 0. The highest BCUT2D eigenvalue weighted by Gasteiger charge is 2.29. The van der Waals surface area contributed by atoms with Crippen molar-refractivity contribution in [3.8, 4) is 6.07 Å². The predicted octanol–water partition coefficient (Wildman–Crippen LogP) is 2.09. The van der Waals surface area contributed by atoms with Gasteiger partial charge in [0.2, 0.25) is 5.91 Å². The Morgan fingerprint density at radius 2 is 2.00 bits per heavy atom. The second kappa shape index (κ2) is 5.59. The zero-order chi connectivity index (χ0) is 12.1. The number of hydrogen-bond donors (Lipinski definition) is 0. The van der Waals surface area contributed by atoms with Crippen molar-refractivity contribution in [2.75, 3.05) is 6.54 Å². The molecule has 0 aromatic heterocycles. The molecule has 0 N–H and O–H groups in total. The first-order chi connectivity index (χ1) is 6.78. The summed E-state index contributed by atoms with van der Waals surface area (Å²) in [4.78, 5) is 12.4. The molecule has 0 spiro atoms. The highest BCUT2D eigenvalue weighted by Crippen LogP contribution is 2.22. The van der Waals surface area contributed by atoms with Crippen LogP contribution in [-0.2, 0) is 4.79 Å². The predicted molar refractivity (Wildman–Crippen MR) is 47.8 cm³/mol. The van der Waals surface area contributed by atoms with Crippen LogP contribution in [0.15, 0.2) is 0 Å². The molecule has 0 atom stereocenters. The fourth-order valence-electron chi connectivity index (χ4n) is 1.03. The fraction of sp³-hybridized carbons (Fsp3) is 0.778. The summed E-state index contributed by atoms with van der Waals surface area (Å²) in [5.41, 5.74) is 0. The number of rotatable bonds is 4. The van der Waals surface area contributed by atoms with E-state index in [1.54, 1.807) is 19.9 Å². The maximum absolute atomic E-state index is 11.8. The van der Waals surface area contributed by atoms with Gasteiger partial charge in [0.25, 0.3) is 0 Å². The lowest BCUT2D eigenvalue weighted by atomic mass is 10.2. The number of nitrogens with zero attached hydrogens (tertiary/aromatic N) is 2. The van der Waals surface area contributed by atoms with Crippen molar-refractivity contribution in [2.24, 2.45) is 0 Å². The number of amides is 1. The number of carbonyl (C=O) groups is 1. The van der Waals surface area contributed by atoms with Crippen molar-refractivity contribution in [3.05, 3.63) is 0 Å². The smallest absolute Gasteiger partial charge is 0.327 e. The average Bonchev–Trinajstić information content (AvgIpc) is 2.08. The molecule has 86 valence electrons. The highest BCUT2D eigenvalue weighted by molar-refractivity contribution is 5.76. The Kier molecular flexibility index (Phi) is 5.12. The van der Waals surface area contributed by atoms with Gasteiger partial charge in [0.05, 0.1) is 12.5 Å². The van der Waals surface area contributed by atoms with Gasteiger partial charge in [-0.2, -0.15) is 18.4 Å². The van der Waals surface area contributed by atoms with Gasteiger partial charge < -0.3 is 4.90 Å². The Balaban J connectivity index is 4.23. The van der Waals surface area contributed by atoms with E-state index in [1.165, 1.54) is 0 Å². The van der Waals surface area contributed by atoms with Gasteiger partial charge in [-0.3, -0.25) is 4.79 Å². The van der Waals surface area contributed by atoms with Gasteiger partial charge in [0.1, 0.15) is 6.54 Å². The topological polar surface area (TPSA) is 44.1 Å². The second-order valence-electron chi connectivity index (χ2n) is 3.39. The first-order valence-corrected chi connectivity index (χ1v) is 4.51. The fourth-order valence-corrected chi connectivity index (χ4v) is 1.03. The molecule has 0 aliphatic heterocycles. The number of nitriles is 1. The molecule has 0 unspecified atom stereocenters. The minimum Gasteiger partial charge on any atom is -0.327 e. The Morgan fingerprint density at radius 1 is 1.47 bits per heavy atom. The van der Waals surface area contributed by atoms with Crippen LogP contribution < -0.4 is 0 Å². The van der Waals surface area contributed by atoms with Gasteiger partial charge in [-0.15, -0.1) is 0 Å². The number of carbonyl (C=O) groups excluding carboxylic acids is 1. The largest absolute Gasteiger partial charge is 0.389 e. The Labute approximate surface area is 86.5 Å². The first-order valence-electron chi connectivity index (χ1n) is 4.51. The molecule has 15 heavy (non-hydrogen) atoms. The SMILES string of the molecule is CC(C)N(CC#N)C(=O)CCC(F)(F)F. The molecule has 0 aromatic rings. The van der Waals surface area contributed by atoms with Crippen LogP contribution in [-0.4, -0.2) is 29.6 Å². The molecule has 0 radical (unpaired) electrons. The number of hydrogen-bond acceptors (Lipinski definition) is 2. The molecule has 0 aliphatic carbocycles. The van der Waals surface area contributed by atoms with Crippen LogP contribution >= 0.6 is 0 Å². The summed E-state index contributed by atoms with van der Waals surface area (Å²) in [6.07, 6.45) is -6.06. The summed E-state index contributed by atoms with van der Waals surface area (Å²) in [6.45, 7) is 3.14. The van der Waals surface area contributed by atoms with Crippen LogP contribution in [0.5, 0.6) is 0 Å². The molecule has 0 saturated carbocycles. The first kappa shape index (κ1) is 13.8. The van der Waals surface area contributed by atoms with E-state index < -0.39 is 24.9 Å². The third-order valence-electron chi connectivity index (χ3n) is 1.81. The standard InChI is InChI=1S/C9H13F3N2O/c1-7(2)14(6-5-13)8(15)3-4-9(10,11)12/h7H,3-4,6H2,1-2H3. The van der Waals surface area contributed by atoms with Gasteiger partial charge in [-0.05, 0) is 13.8 Å². The lowest BCUT2D eigenvalue weighted by molar-refractivity contribution is -0.149. The van der Waals surface area contributed by atoms with Crippen molar-refractivity contribution < 1.29 is 18.0 Å². The van der Waals surface area contributed by atoms with Crippen molar-refractivity contribution in [3.63, 3.8) is 0 Å². The van der Waals surface area contributed by atoms with Gasteiger partial charge in [-0.1, -0.05) is 0 Å². The summed E-state index contributed by atoms with van der Waals surface area (Å²) in [5, 5.41) is 8.40. The number of alkyl halides is 3. The Morgan fingerprint density at radius 3 is 2.33 bits per heavy atom. The Hall–Kier alpha value is -1.25. The van der Waals surface area contributed by atoms with Crippen LogP contribution in [0.4, 0.5) is 13.2 Å². The third kappa shape index (κ3) is 5.94. The van der Waals surface area contributed by atoms with Crippen molar-refractivity contribution >= 4 is 5.91 Å². The van der Waals surface area contributed by atoms with Crippen molar-refractivity contribution in [2.45, 2.75) is 38.9 Å². The van der Waals surface area contributed by atoms with Gasteiger partial charge in [0.15, 0.2) is 0 Å². The molecule has 0 saturated heterocycles. The summed E-state index contributed by atoms with van der Waals surface area (Å²) in [7, 11) is 0. The normalized spacial score (nSPS) is 11.3. The van der Waals surface area contributed by atoms with E-state index in [1.807, 2.05) is 0 Å². The maximum atomic E-state index is 11.8. The van der Waals surface area contributed by atoms with Crippen LogP contribution in [0.1, 0.15) is 26.7 Å². The molecule has 0 fully saturated rings. The molecule has 0 aromatic carbocycles. The lowest BCUT2D eigenvalue weighted by Crippen LogP contribution is -2.37. The molecular formula is C9H13F3N2O. The van der Waals surface area contributed by atoms with E-state index in [-0.39, 0.29) is 12.6 Å². The van der Waals surface area contributed by atoms with E-state index in [4.69, 9.17) is 5.26 Å². The molecule has 1 amide bonds. The van der Waals surface area contributed by atoms with Crippen molar-refractivity contribution in [1.82, 2.24) is 4.90 Å². The zero-order valence-electron chi connectivity index (χ0n) is 8.64. The molecule has 0 bridgehead atoms. The maximum Gasteiger partial charge on any atom is 0.389 e. The minimum atomic E-state index is -4.33. The lowest BCUT2D eigenvalue weighted by Gasteiger charge is -2.23. The van der Waals surface area contributed by atoms with E-state index >= 15 is 0 Å². The monoisotopic (exact) mass is 222 g/mol. The van der Waals surface area contributed by atoms with Gasteiger partial charge >= 0.3 is 6.18 Å². The molecule has 0 heterocycles. The van der Waals surface area contributed by atoms with Crippen molar-refractivity contribution in [1.29, 1.82) is 5.26 Å². The summed E-state index contributed by atoms with van der Waals surface area (Å²) < 4.78 is 35.5. The molecule has 6 heteroatoms. The van der Waals surface area contributed by atoms with Gasteiger partial charge in [-0.25, -0.2) is 0 Å². The average molecular weight is 222 g/mol. The van der Waals surface area contributed by atoms with Crippen LogP contribution in [0, 0.1) is 11.3 Å².